The Kier molecular flexibility index (Phi) is 4.59. The first-order valence-corrected chi connectivity index (χ1v) is 7.49. The molecule has 2 fully saturated rings. The molecule has 2 unspecified atom stereocenters. The molecule has 0 N–H and O–H groups in total. The maximum atomic E-state index is 13.6. The summed E-state index contributed by atoms with van der Waals surface area (Å²) in [6.45, 7) is 3.05. The average Bonchev–Trinajstić information content (AvgIpc) is 3.12. The van der Waals surface area contributed by atoms with Crippen LogP contribution in [-0.4, -0.2) is 37.9 Å². The van der Waals surface area contributed by atoms with Gasteiger partial charge < -0.3 is 19.5 Å². The molecule has 3 atom stereocenters. The van der Waals surface area contributed by atoms with Crippen molar-refractivity contribution in [3.8, 4) is 5.75 Å². The van der Waals surface area contributed by atoms with E-state index in [0.29, 0.717) is 37.5 Å². The molecule has 0 saturated carbocycles. The summed E-state index contributed by atoms with van der Waals surface area (Å²) in [6, 6.07) is 4.26. The van der Waals surface area contributed by atoms with Gasteiger partial charge in [0, 0.05) is 13.3 Å². The Morgan fingerprint density at radius 1 is 1.41 bits per heavy atom. The summed E-state index contributed by atoms with van der Waals surface area (Å²) >= 11 is 0. The molecule has 0 aliphatic carbocycles. The van der Waals surface area contributed by atoms with Crippen LogP contribution < -0.4 is 4.74 Å². The smallest absolute Gasteiger partial charge is 0.302 e. The van der Waals surface area contributed by atoms with Crippen LogP contribution in [0.4, 0.5) is 4.39 Å². The zero-order valence-electron chi connectivity index (χ0n) is 12.5. The molecule has 5 nitrogen and oxygen atoms in total. The Hall–Kier alpha value is -1.66. The molecule has 2 saturated heterocycles. The topological polar surface area (TPSA) is 58.9 Å². The quantitative estimate of drug-likeness (QED) is 0.803. The van der Waals surface area contributed by atoms with E-state index in [-0.39, 0.29) is 30.0 Å². The van der Waals surface area contributed by atoms with Crippen molar-refractivity contribution in [3.63, 3.8) is 0 Å². The summed E-state index contributed by atoms with van der Waals surface area (Å²) in [7, 11) is 0. The number of ether oxygens (including phenoxy) is 3. The molecule has 2 aliphatic heterocycles. The third kappa shape index (κ3) is 3.56. The lowest BCUT2D eigenvalue weighted by Gasteiger charge is -2.26. The number of hydrogen-bond acceptors (Lipinski definition) is 4. The van der Waals surface area contributed by atoms with E-state index in [1.807, 2.05) is 0 Å². The fourth-order valence-electron chi connectivity index (χ4n) is 2.86. The average molecular weight is 308 g/mol. The highest BCUT2D eigenvalue weighted by atomic mass is 19.1. The number of esters is 1. The number of nitrogens with zero attached hydrogens (tertiary/aromatic N) is 1. The second-order valence-electron chi connectivity index (χ2n) is 5.63. The molecule has 120 valence electrons. The first-order valence-electron chi connectivity index (χ1n) is 7.49. The van der Waals surface area contributed by atoms with Gasteiger partial charge in [-0.05, 0) is 30.2 Å². The van der Waals surface area contributed by atoms with Crippen molar-refractivity contribution < 1.29 is 23.4 Å². The van der Waals surface area contributed by atoms with E-state index in [1.54, 1.807) is 6.07 Å². The van der Waals surface area contributed by atoms with E-state index >= 15 is 0 Å². The van der Waals surface area contributed by atoms with Crippen LogP contribution in [-0.2, 0) is 14.3 Å². The summed E-state index contributed by atoms with van der Waals surface area (Å²) in [5.74, 6) is -0.00930. The predicted octanol–water partition coefficient (Wildman–Crippen LogP) is 2.74. The summed E-state index contributed by atoms with van der Waals surface area (Å²) in [5.41, 5.74) is 0.710. The van der Waals surface area contributed by atoms with Crippen LogP contribution in [0.25, 0.3) is 5.32 Å². The zero-order valence-corrected chi connectivity index (χ0v) is 12.5. The molecule has 0 amide bonds. The van der Waals surface area contributed by atoms with Gasteiger partial charge in [0.25, 0.3) is 0 Å². The predicted molar refractivity (Wildman–Crippen MR) is 77.4 cm³/mol. The lowest BCUT2D eigenvalue weighted by atomic mass is 10.0. The minimum Gasteiger partial charge on any atom is -0.653 e. The highest BCUT2D eigenvalue weighted by Crippen LogP contribution is 2.40. The van der Waals surface area contributed by atoms with E-state index in [4.69, 9.17) is 14.2 Å². The van der Waals surface area contributed by atoms with Gasteiger partial charge in [-0.1, -0.05) is 0 Å². The highest BCUT2D eigenvalue weighted by molar-refractivity contribution is 5.66. The molecule has 22 heavy (non-hydrogen) atoms. The molecular formula is C16H19FNO4-. The SMILES string of the molecule is CC(=O)OC1C[N-][C@@H](c2cc(F)ccc2OC2CCOC2)C1. The normalized spacial score (nSPS) is 27.8. The maximum absolute atomic E-state index is 13.6. The number of rotatable bonds is 4. The molecule has 0 aromatic heterocycles. The Morgan fingerprint density at radius 3 is 3.00 bits per heavy atom. The van der Waals surface area contributed by atoms with Gasteiger partial charge in [0.15, 0.2) is 0 Å². The van der Waals surface area contributed by atoms with Gasteiger partial charge in [0.2, 0.25) is 0 Å². The van der Waals surface area contributed by atoms with Gasteiger partial charge in [-0.3, -0.25) is 4.79 Å². The number of carbonyl (C=O) groups is 1. The molecule has 3 rings (SSSR count). The molecular weight excluding hydrogens is 289 g/mol. The first-order chi connectivity index (χ1) is 10.6. The van der Waals surface area contributed by atoms with Crippen LogP contribution in [0.3, 0.4) is 0 Å². The van der Waals surface area contributed by atoms with Crippen LogP contribution in [0.15, 0.2) is 18.2 Å². The molecule has 1 aromatic rings. The molecule has 0 radical (unpaired) electrons. The van der Waals surface area contributed by atoms with Crippen molar-refractivity contribution in [2.24, 2.45) is 0 Å². The lowest BCUT2D eigenvalue weighted by Crippen LogP contribution is -2.17. The van der Waals surface area contributed by atoms with Crippen molar-refractivity contribution >= 4 is 5.97 Å². The van der Waals surface area contributed by atoms with Crippen LogP contribution >= 0.6 is 0 Å². The van der Waals surface area contributed by atoms with Crippen molar-refractivity contribution in [2.45, 2.75) is 38.0 Å². The van der Waals surface area contributed by atoms with Crippen LogP contribution in [0.1, 0.15) is 31.4 Å². The minimum atomic E-state index is -0.323. The number of carbonyl (C=O) groups excluding carboxylic acids is 1. The van der Waals surface area contributed by atoms with E-state index in [9.17, 15) is 9.18 Å². The van der Waals surface area contributed by atoms with Gasteiger partial charge >= 0.3 is 5.97 Å². The van der Waals surface area contributed by atoms with Crippen LogP contribution in [0.2, 0.25) is 0 Å². The third-order valence-corrected chi connectivity index (χ3v) is 3.86. The summed E-state index contributed by atoms with van der Waals surface area (Å²) in [5, 5.41) is 4.46. The van der Waals surface area contributed by atoms with Gasteiger partial charge in [-0.15, -0.1) is 12.6 Å². The molecule has 0 spiro atoms. The van der Waals surface area contributed by atoms with E-state index < -0.39 is 0 Å². The van der Waals surface area contributed by atoms with Crippen molar-refractivity contribution in [1.29, 1.82) is 0 Å². The zero-order chi connectivity index (χ0) is 15.5. The lowest BCUT2D eigenvalue weighted by molar-refractivity contribution is -0.145. The van der Waals surface area contributed by atoms with Crippen molar-refractivity contribution in [1.82, 2.24) is 0 Å². The molecule has 0 bridgehead atoms. The van der Waals surface area contributed by atoms with Gasteiger partial charge in [-0.25, -0.2) is 4.39 Å². The van der Waals surface area contributed by atoms with Crippen LogP contribution in [0.5, 0.6) is 5.75 Å². The standard InChI is InChI=1S/C16H19FNO4/c1-10(19)21-13-7-15(18-8-13)14-6-11(17)2-3-16(14)22-12-4-5-20-9-12/h2-3,6,12-13,15H,4-5,7-9H2,1H3/q-1/t12?,13?,15-/m1/s1. The summed E-state index contributed by atoms with van der Waals surface area (Å²) in [6.07, 6.45) is 1.14. The van der Waals surface area contributed by atoms with E-state index in [1.165, 1.54) is 19.1 Å². The van der Waals surface area contributed by atoms with Gasteiger partial charge in [0.05, 0.1) is 19.3 Å². The molecule has 6 heteroatoms. The Balaban J connectivity index is 1.74. The fourth-order valence-corrected chi connectivity index (χ4v) is 2.86. The third-order valence-electron chi connectivity index (χ3n) is 3.86. The minimum absolute atomic E-state index is 0.00474. The molecule has 2 heterocycles. The fraction of sp³-hybridized carbons (Fsp3) is 0.562. The second-order valence-corrected chi connectivity index (χ2v) is 5.63. The molecule has 2 aliphatic rings. The van der Waals surface area contributed by atoms with Crippen molar-refractivity contribution in [3.05, 3.63) is 34.9 Å². The second kappa shape index (κ2) is 6.62. The first kappa shape index (κ1) is 15.2. The number of benzene rings is 1. The highest BCUT2D eigenvalue weighted by Gasteiger charge is 2.24. The monoisotopic (exact) mass is 308 g/mol. The Labute approximate surface area is 128 Å². The number of hydrogen-bond donors (Lipinski definition) is 0. The maximum Gasteiger partial charge on any atom is 0.302 e. The van der Waals surface area contributed by atoms with E-state index in [2.05, 4.69) is 5.32 Å². The van der Waals surface area contributed by atoms with Gasteiger partial charge in [-0.2, -0.15) is 0 Å². The summed E-state index contributed by atoms with van der Waals surface area (Å²) in [4.78, 5) is 11.0. The molecule has 1 aromatic carbocycles. The Morgan fingerprint density at radius 2 is 2.27 bits per heavy atom. The number of halogens is 1. The van der Waals surface area contributed by atoms with Crippen LogP contribution in [0, 0.1) is 5.82 Å². The van der Waals surface area contributed by atoms with Crippen molar-refractivity contribution in [2.75, 3.05) is 19.8 Å². The Bertz CT molecular complexity index is 545. The van der Waals surface area contributed by atoms with E-state index in [0.717, 1.165) is 6.42 Å². The largest absolute Gasteiger partial charge is 0.653 e. The van der Waals surface area contributed by atoms with Gasteiger partial charge in [0.1, 0.15) is 17.7 Å². The summed E-state index contributed by atoms with van der Waals surface area (Å²) < 4.78 is 30.0.